The maximum absolute atomic E-state index is 14.4. The van der Waals surface area contributed by atoms with Gasteiger partial charge in [-0.2, -0.15) is 30.7 Å². The highest BCUT2D eigenvalue weighted by Crippen LogP contribution is 2.41. The molecular formula is C19H16F7N5O3. The van der Waals surface area contributed by atoms with Crippen molar-refractivity contribution in [3.8, 4) is 5.75 Å². The summed E-state index contributed by atoms with van der Waals surface area (Å²) < 4.78 is 99.6. The van der Waals surface area contributed by atoms with Gasteiger partial charge in [0.1, 0.15) is 11.4 Å². The third-order valence-electron chi connectivity index (χ3n) is 4.62. The highest BCUT2D eigenvalue weighted by Gasteiger charge is 2.50. The molecule has 0 bridgehead atoms. The number of nitrogens with one attached hydrogen (secondary N) is 1. The van der Waals surface area contributed by atoms with Crippen molar-refractivity contribution in [2.75, 3.05) is 11.9 Å². The third kappa shape index (κ3) is 6.02. The van der Waals surface area contributed by atoms with Crippen molar-refractivity contribution in [1.29, 1.82) is 0 Å². The Balaban J connectivity index is 1.79. The Morgan fingerprint density at radius 1 is 1.24 bits per heavy atom. The lowest BCUT2D eigenvalue weighted by atomic mass is 9.86. The molecule has 0 fully saturated rings. The Bertz CT molecular complexity index is 1090. The van der Waals surface area contributed by atoms with E-state index in [4.69, 9.17) is 5.73 Å². The average molecular weight is 495 g/mol. The molecule has 1 aliphatic rings. The molecule has 34 heavy (non-hydrogen) atoms. The van der Waals surface area contributed by atoms with Crippen LogP contribution in [-0.4, -0.2) is 47.0 Å². The average Bonchev–Trinajstić information content (AvgIpc) is 2.72. The van der Waals surface area contributed by atoms with Crippen LogP contribution < -0.4 is 15.8 Å². The first-order chi connectivity index (χ1) is 15.7. The molecule has 8 nitrogen and oxygen atoms in total. The summed E-state index contributed by atoms with van der Waals surface area (Å²) in [5, 5.41) is 2.33. The molecule has 0 aliphatic carbocycles. The Kier molecular flexibility index (Phi) is 6.57. The van der Waals surface area contributed by atoms with Crippen LogP contribution in [0.15, 0.2) is 35.6 Å². The molecule has 3 heterocycles. The SMILES string of the molecule is C[C@]1(c2cc(NC(=O)c3ccc(OCC(F)(F)F)cn3)cnc2F)C[C@@H](C(F)(F)F)OC(N)=N1. The van der Waals surface area contributed by atoms with Crippen molar-refractivity contribution in [1.82, 2.24) is 9.97 Å². The summed E-state index contributed by atoms with van der Waals surface area (Å²) in [4.78, 5) is 23.3. The number of amides is 1. The van der Waals surface area contributed by atoms with Crippen LogP contribution in [-0.2, 0) is 10.3 Å². The number of aromatic nitrogens is 2. The second-order valence-electron chi connectivity index (χ2n) is 7.38. The molecule has 184 valence electrons. The van der Waals surface area contributed by atoms with Crippen molar-refractivity contribution >= 4 is 17.6 Å². The summed E-state index contributed by atoms with van der Waals surface area (Å²) in [5.41, 5.74) is 2.84. The first-order valence-electron chi connectivity index (χ1n) is 9.38. The maximum atomic E-state index is 14.4. The Morgan fingerprint density at radius 3 is 2.53 bits per heavy atom. The van der Waals surface area contributed by atoms with Gasteiger partial charge in [-0.15, -0.1) is 0 Å². The number of carbonyl (C=O) groups excluding carboxylic acids is 1. The molecule has 2 aromatic rings. The van der Waals surface area contributed by atoms with Gasteiger partial charge in [-0.1, -0.05) is 0 Å². The van der Waals surface area contributed by atoms with E-state index in [0.29, 0.717) is 0 Å². The number of alkyl halides is 6. The molecule has 0 aromatic carbocycles. The van der Waals surface area contributed by atoms with Crippen LogP contribution in [0.1, 0.15) is 29.4 Å². The number of pyridine rings is 2. The lowest BCUT2D eigenvalue weighted by Crippen LogP contribution is -2.46. The molecule has 0 spiro atoms. The van der Waals surface area contributed by atoms with Crippen molar-refractivity contribution < 1.29 is 45.0 Å². The number of nitrogens with zero attached hydrogens (tertiary/aromatic N) is 3. The smallest absolute Gasteiger partial charge is 0.425 e. The van der Waals surface area contributed by atoms with Crippen LogP contribution in [0.25, 0.3) is 0 Å². The summed E-state index contributed by atoms with van der Waals surface area (Å²) in [6.07, 6.45) is -10.7. The van der Waals surface area contributed by atoms with E-state index in [1.807, 2.05) is 0 Å². The van der Waals surface area contributed by atoms with Crippen LogP contribution in [0.4, 0.5) is 36.4 Å². The highest BCUT2D eigenvalue weighted by molar-refractivity contribution is 6.02. The van der Waals surface area contributed by atoms with E-state index < -0.39 is 54.9 Å². The fraction of sp³-hybridized carbons (Fsp3) is 0.368. The van der Waals surface area contributed by atoms with Gasteiger partial charge in [-0.3, -0.25) is 4.79 Å². The molecule has 0 saturated heterocycles. The largest absolute Gasteiger partial charge is 0.483 e. The molecule has 1 aliphatic heterocycles. The quantitative estimate of drug-likeness (QED) is 0.484. The van der Waals surface area contributed by atoms with Gasteiger partial charge in [-0.25, -0.2) is 15.0 Å². The van der Waals surface area contributed by atoms with Crippen LogP contribution in [0, 0.1) is 5.95 Å². The number of amidine groups is 1. The fourth-order valence-electron chi connectivity index (χ4n) is 3.07. The summed E-state index contributed by atoms with van der Waals surface area (Å²) >= 11 is 0. The first-order valence-corrected chi connectivity index (χ1v) is 9.38. The maximum Gasteiger partial charge on any atom is 0.425 e. The van der Waals surface area contributed by atoms with Crippen molar-refractivity contribution in [2.24, 2.45) is 10.7 Å². The zero-order chi connectivity index (χ0) is 25.3. The number of hydrogen-bond acceptors (Lipinski definition) is 7. The number of rotatable bonds is 5. The molecule has 0 unspecified atom stereocenters. The second-order valence-corrected chi connectivity index (χ2v) is 7.38. The number of aliphatic imine (C=N–C) groups is 1. The monoisotopic (exact) mass is 495 g/mol. The van der Waals surface area contributed by atoms with Gasteiger partial charge in [0, 0.05) is 12.0 Å². The molecule has 15 heteroatoms. The van der Waals surface area contributed by atoms with Crippen LogP contribution in [0.5, 0.6) is 5.75 Å². The number of hydrogen-bond donors (Lipinski definition) is 2. The van der Waals surface area contributed by atoms with Gasteiger partial charge in [0.25, 0.3) is 11.9 Å². The van der Waals surface area contributed by atoms with E-state index >= 15 is 0 Å². The van der Waals surface area contributed by atoms with E-state index in [9.17, 15) is 35.5 Å². The molecule has 2 atom stereocenters. The molecule has 0 radical (unpaired) electrons. The number of ether oxygens (including phenoxy) is 2. The molecule has 0 saturated carbocycles. The highest BCUT2D eigenvalue weighted by atomic mass is 19.4. The van der Waals surface area contributed by atoms with Gasteiger partial charge in [-0.05, 0) is 25.1 Å². The number of halogens is 7. The lowest BCUT2D eigenvalue weighted by molar-refractivity contribution is -0.208. The van der Waals surface area contributed by atoms with Gasteiger partial charge >= 0.3 is 12.4 Å². The van der Waals surface area contributed by atoms with E-state index in [1.54, 1.807) is 0 Å². The lowest BCUT2D eigenvalue weighted by Gasteiger charge is -2.35. The van der Waals surface area contributed by atoms with E-state index in [-0.39, 0.29) is 22.7 Å². The van der Waals surface area contributed by atoms with Crippen molar-refractivity contribution in [2.45, 2.75) is 37.3 Å². The Hall–Kier alpha value is -3.65. The molecule has 3 rings (SSSR count). The Morgan fingerprint density at radius 2 is 1.94 bits per heavy atom. The van der Waals surface area contributed by atoms with Gasteiger partial charge in [0.2, 0.25) is 5.95 Å². The van der Waals surface area contributed by atoms with Crippen LogP contribution >= 0.6 is 0 Å². The summed E-state index contributed by atoms with van der Waals surface area (Å²) in [6.45, 7) is -0.343. The van der Waals surface area contributed by atoms with Crippen molar-refractivity contribution in [3.63, 3.8) is 0 Å². The molecule has 1 amide bonds. The van der Waals surface area contributed by atoms with E-state index in [2.05, 4.69) is 29.8 Å². The molecule has 3 N–H and O–H groups in total. The first kappa shape index (κ1) is 25.0. The summed E-state index contributed by atoms with van der Waals surface area (Å²) in [7, 11) is 0. The van der Waals surface area contributed by atoms with E-state index in [0.717, 1.165) is 30.6 Å². The fourth-order valence-corrected chi connectivity index (χ4v) is 3.07. The zero-order valence-electron chi connectivity index (χ0n) is 17.2. The minimum Gasteiger partial charge on any atom is -0.483 e. The Labute approximate surface area is 187 Å². The van der Waals surface area contributed by atoms with Gasteiger partial charge in [0.15, 0.2) is 12.7 Å². The number of nitrogens with two attached hydrogens (primary N) is 1. The summed E-state index contributed by atoms with van der Waals surface area (Å²) in [5.74, 6) is -2.22. The second kappa shape index (κ2) is 8.95. The predicted molar refractivity (Wildman–Crippen MR) is 102 cm³/mol. The minimum absolute atomic E-state index is 0.106. The van der Waals surface area contributed by atoms with Crippen molar-refractivity contribution in [3.05, 3.63) is 47.8 Å². The normalized spacial score (nSPS) is 20.8. The minimum atomic E-state index is -4.79. The van der Waals surface area contributed by atoms with E-state index in [1.165, 1.54) is 6.92 Å². The van der Waals surface area contributed by atoms with Crippen LogP contribution in [0.3, 0.4) is 0 Å². The molecule has 2 aromatic heterocycles. The van der Waals surface area contributed by atoms with Gasteiger partial charge in [0.05, 0.1) is 23.6 Å². The van der Waals surface area contributed by atoms with Gasteiger partial charge < -0.3 is 20.5 Å². The number of anilines is 1. The third-order valence-corrected chi connectivity index (χ3v) is 4.62. The van der Waals surface area contributed by atoms with Crippen LogP contribution in [0.2, 0.25) is 0 Å². The predicted octanol–water partition coefficient (Wildman–Crippen LogP) is 3.69. The zero-order valence-corrected chi connectivity index (χ0v) is 17.2. The standard InChI is InChI=1S/C19H16F7N5O3/c1-17(5-13(19(24,25)26)34-16(27)31-17)11-4-9(6-29-14(11)20)30-15(32)12-3-2-10(7-28-12)33-8-18(21,22)23/h2-4,6-7,13H,5,8H2,1H3,(H2,27,31)(H,30,32)/t13-,17+/m0/s1. The summed E-state index contributed by atoms with van der Waals surface area (Å²) in [6, 6.07) is 2.41. The topological polar surface area (TPSA) is 112 Å². The molecular weight excluding hydrogens is 479 g/mol. The number of carbonyl (C=O) groups is 1.